The van der Waals surface area contributed by atoms with E-state index < -0.39 is 0 Å². The molecule has 0 radical (unpaired) electrons. The number of carbonyl (C=O) groups is 1. The second kappa shape index (κ2) is 7.58. The lowest BCUT2D eigenvalue weighted by molar-refractivity contribution is -0.121. The zero-order valence-electron chi connectivity index (χ0n) is 16.5. The minimum absolute atomic E-state index is 0.0266. The Morgan fingerprint density at radius 2 is 2.07 bits per heavy atom. The molecule has 1 aliphatic rings. The van der Waals surface area contributed by atoms with Crippen LogP contribution in [0.3, 0.4) is 0 Å². The number of nitrogens with zero attached hydrogens (tertiary/aromatic N) is 2. The second-order valence-corrected chi connectivity index (χ2v) is 7.66. The SMILES string of the molecule is CC1(C)Cc2cccc(OCCNC(=O)Cn3ncc(=O)c4ccccc43)c2O1. The Labute approximate surface area is 168 Å². The molecular formula is C22H23N3O4. The number of aromatic nitrogens is 2. The average Bonchev–Trinajstić information content (AvgIpc) is 3.02. The van der Waals surface area contributed by atoms with E-state index in [1.165, 1.54) is 10.9 Å². The fourth-order valence-corrected chi connectivity index (χ4v) is 3.53. The highest BCUT2D eigenvalue weighted by molar-refractivity contribution is 5.81. The van der Waals surface area contributed by atoms with Crippen LogP contribution in [-0.2, 0) is 17.8 Å². The Balaban J connectivity index is 1.33. The lowest BCUT2D eigenvalue weighted by Gasteiger charge is -2.18. The molecule has 3 aromatic rings. The third-order valence-corrected chi connectivity index (χ3v) is 4.79. The van der Waals surface area contributed by atoms with Crippen molar-refractivity contribution in [3.05, 3.63) is 64.4 Å². The van der Waals surface area contributed by atoms with Gasteiger partial charge in [-0.3, -0.25) is 14.3 Å². The number of nitrogens with one attached hydrogen (secondary N) is 1. The molecule has 1 N–H and O–H groups in total. The molecule has 29 heavy (non-hydrogen) atoms. The Kier molecular flexibility index (Phi) is 4.96. The van der Waals surface area contributed by atoms with Crippen molar-refractivity contribution in [3.63, 3.8) is 0 Å². The van der Waals surface area contributed by atoms with Crippen molar-refractivity contribution in [2.45, 2.75) is 32.4 Å². The van der Waals surface area contributed by atoms with Gasteiger partial charge in [0.2, 0.25) is 11.3 Å². The van der Waals surface area contributed by atoms with Gasteiger partial charge in [-0.2, -0.15) is 5.10 Å². The molecule has 1 aromatic heterocycles. The van der Waals surface area contributed by atoms with Gasteiger partial charge in [-0.1, -0.05) is 24.3 Å². The molecule has 0 spiro atoms. The summed E-state index contributed by atoms with van der Waals surface area (Å²) in [6, 6.07) is 13.0. The van der Waals surface area contributed by atoms with Gasteiger partial charge in [0.15, 0.2) is 11.5 Å². The average molecular weight is 393 g/mol. The summed E-state index contributed by atoms with van der Waals surface area (Å²) in [5, 5.41) is 7.43. The van der Waals surface area contributed by atoms with Crippen LogP contribution < -0.4 is 20.2 Å². The maximum absolute atomic E-state index is 12.3. The first kappa shape index (κ1) is 19.0. The molecule has 7 nitrogen and oxygen atoms in total. The van der Waals surface area contributed by atoms with Gasteiger partial charge < -0.3 is 14.8 Å². The summed E-state index contributed by atoms with van der Waals surface area (Å²) >= 11 is 0. The molecule has 1 amide bonds. The van der Waals surface area contributed by atoms with Crippen LogP contribution in [-0.4, -0.2) is 34.4 Å². The summed E-state index contributed by atoms with van der Waals surface area (Å²) in [7, 11) is 0. The Bertz CT molecular complexity index is 1120. The predicted octanol–water partition coefficient (Wildman–Crippen LogP) is 2.31. The number of carbonyl (C=O) groups excluding carboxylic acids is 1. The van der Waals surface area contributed by atoms with Gasteiger partial charge in [0.1, 0.15) is 18.8 Å². The molecule has 0 bridgehead atoms. The molecular weight excluding hydrogens is 370 g/mol. The van der Waals surface area contributed by atoms with Crippen LogP contribution in [0.4, 0.5) is 0 Å². The van der Waals surface area contributed by atoms with Gasteiger partial charge >= 0.3 is 0 Å². The van der Waals surface area contributed by atoms with Crippen molar-refractivity contribution in [2.75, 3.05) is 13.2 Å². The van der Waals surface area contributed by atoms with Gasteiger partial charge in [-0.05, 0) is 32.0 Å². The van der Waals surface area contributed by atoms with Crippen LogP contribution >= 0.6 is 0 Å². The number of benzene rings is 2. The zero-order chi connectivity index (χ0) is 20.4. The first-order valence-corrected chi connectivity index (χ1v) is 9.58. The van der Waals surface area contributed by atoms with Gasteiger partial charge in [0, 0.05) is 17.4 Å². The number of amides is 1. The maximum atomic E-state index is 12.3. The first-order valence-electron chi connectivity index (χ1n) is 9.58. The molecule has 1 aliphatic heterocycles. The summed E-state index contributed by atoms with van der Waals surface area (Å²) in [5.74, 6) is 1.27. The summed E-state index contributed by atoms with van der Waals surface area (Å²) in [4.78, 5) is 24.2. The topological polar surface area (TPSA) is 82.5 Å². The van der Waals surface area contributed by atoms with Crippen molar-refractivity contribution in [2.24, 2.45) is 0 Å². The number of rotatable bonds is 6. The standard InChI is InChI=1S/C22H23N3O4/c1-22(2)12-15-6-5-9-19(21(15)29-22)28-11-10-23-20(27)14-25-17-8-4-3-7-16(17)18(26)13-24-25/h3-9,13H,10-12,14H2,1-2H3,(H,23,27). The van der Waals surface area contributed by atoms with E-state index in [1.807, 2.05) is 38.1 Å². The quantitative estimate of drug-likeness (QED) is 0.650. The van der Waals surface area contributed by atoms with Crippen LogP contribution in [0.5, 0.6) is 11.5 Å². The number of ether oxygens (including phenoxy) is 2. The van der Waals surface area contributed by atoms with E-state index in [-0.39, 0.29) is 23.5 Å². The van der Waals surface area contributed by atoms with Crippen molar-refractivity contribution in [1.29, 1.82) is 0 Å². The predicted molar refractivity (Wildman–Crippen MR) is 109 cm³/mol. The Hall–Kier alpha value is -3.35. The molecule has 0 atom stereocenters. The lowest BCUT2D eigenvalue weighted by atomic mass is 10.0. The third kappa shape index (κ3) is 4.08. The van der Waals surface area contributed by atoms with Crippen LogP contribution in [0.1, 0.15) is 19.4 Å². The number of hydrogen-bond donors (Lipinski definition) is 1. The van der Waals surface area contributed by atoms with Crippen molar-refractivity contribution >= 4 is 16.8 Å². The summed E-state index contributed by atoms with van der Waals surface area (Å²) < 4.78 is 13.3. The molecule has 4 rings (SSSR count). The highest BCUT2D eigenvalue weighted by Gasteiger charge is 2.32. The molecule has 150 valence electrons. The first-order chi connectivity index (χ1) is 13.9. The number of para-hydroxylation sites is 2. The smallest absolute Gasteiger partial charge is 0.241 e. The fourth-order valence-electron chi connectivity index (χ4n) is 3.53. The van der Waals surface area contributed by atoms with E-state index in [9.17, 15) is 9.59 Å². The lowest BCUT2D eigenvalue weighted by Crippen LogP contribution is -2.32. The van der Waals surface area contributed by atoms with E-state index in [2.05, 4.69) is 10.4 Å². The number of hydrogen-bond acceptors (Lipinski definition) is 5. The van der Waals surface area contributed by atoms with Crippen LogP contribution in [0.15, 0.2) is 53.5 Å². The Morgan fingerprint density at radius 3 is 2.93 bits per heavy atom. The Morgan fingerprint density at radius 1 is 1.24 bits per heavy atom. The minimum atomic E-state index is -0.233. The third-order valence-electron chi connectivity index (χ3n) is 4.79. The highest BCUT2D eigenvalue weighted by atomic mass is 16.5. The molecule has 0 unspecified atom stereocenters. The monoisotopic (exact) mass is 393 g/mol. The van der Waals surface area contributed by atoms with Gasteiger partial charge in [0.05, 0.1) is 18.3 Å². The minimum Gasteiger partial charge on any atom is -0.488 e. The largest absolute Gasteiger partial charge is 0.488 e. The molecule has 0 fully saturated rings. The van der Waals surface area contributed by atoms with Crippen LogP contribution in [0.2, 0.25) is 0 Å². The van der Waals surface area contributed by atoms with Gasteiger partial charge in [-0.25, -0.2) is 0 Å². The van der Waals surface area contributed by atoms with Crippen LogP contribution in [0, 0.1) is 0 Å². The molecule has 0 aliphatic carbocycles. The molecule has 2 heterocycles. The molecule has 0 saturated heterocycles. The summed E-state index contributed by atoms with van der Waals surface area (Å²) in [5.41, 5.74) is 1.37. The van der Waals surface area contributed by atoms with Crippen molar-refractivity contribution in [3.8, 4) is 11.5 Å². The maximum Gasteiger partial charge on any atom is 0.241 e. The van der Waals surface area contributed by atoms with Crippen molar-refractivity contribution in [1.82, 2.24) is 15.1 Å². The normalized spacial score (nSPS) is 14.3. The fraction of sp³-hybridized carbons (Fsp3) is 0.318. The summed E-state index contributed by atoms with van der Waals surface area (Å²) in [6.07, 6.45) is 2.08. The van der Waals surface area contributed by atoms with E-state index in [0.717, 1.165) is 17.7 Å². The second-order valence-electron chi connectivity index (χ2n) is 7.66. The van der Waals surface area contributed by atoms with E-state index in [0.29, 0.717) is 29.8 Å². The summed E-state index contributed by atoms with van der Waals surface area (Å²) in [6.45, 7) is 4.80. The molecule has 2 aromatic carbocycles. The molecule has 0 saturated carbocycles. The number of fused-ring (bicyclic) bond motifs is 2. The van der Waals surface area contributed by atoms with E-state index in [4.69, 9.17) is 9.47 Å². The zero-order valence-corrected chi connectivity index (χ0v) is 16.5. The van der Waals surface area contributed by atoms with E-state index >= 15 is 0 Å². The highest BCUT2D eigenvalue weighted by Crippen LogP contribution is 2.41. The molecule has 7 heteroatoms. The van der Waals surface area contributed by atoms with E-state index in [1.54, 1.807) is 18.2 Å². The van der Waals surface area contributed by atoms with Crippen molar-refractivity contribution < 1.29 is 14.3 Å². The van der Waals surface area contributed by atoms with Gasteiger partial charge in [0.25, 0.3) is 0 Å². The van der Waals surface area contributed by atoms with Crippen LogP contribution in [0.25, 0.3) is 10.9 Å². The van der Waals surface area contributed by atoms with Gasteiger partial charge in [-0.15, -0.1) is 0 Å².